The lowest BCUT2D eigenvalue weighted by atomic mass is 10.2. The fourth-order valence-electron chi connectivity index (χ4n) is 2.64. The fraction of sp³-hybridized carbons (Fsp3) is 0.286. The lowest BCUT2D eigenvalue weighted by molar-refractivity contribution is -0.118. The van der Waals surface area contributed by atoms with Gasteiger partial charge < -0.3 is 14.6 Å². The molecule has 0 atom stereocenters. The second-order valence-electron chi connectivity index (χ2n) is 6.27. The molecule has 0 saturated carbocycles. The Bertz CT molecular complexity index is 914. The minimum absolute atomic E-state index is 0.00399. The van der Waals surface area contributed by atoms with Gasteiger partial charge in [0, 0.05) is 30.7 Å². The van der Waals surface area contributed by atoms with E-state index in [4.69, 9.17) is 4.74 Å². The number of hydrogen-bond acceptors (Lipinski definition) is 6. The Kier molecular flexibility index (Phi) is 8.01. The maximum Gasteiger partial charge on any atom is 0.230 e. The summed E-state index contributed by atoms with van der Waals surface area (Å²) in [5, 5.41) is 12.1. The van der Waals surface area contributed by atoms with Crippen molar-refractivity contribution < 1.29 is 9.53 Å². The Labute approximate surface area is 179 Å². The van der Waals surface area contributed by atoms with E-state index >= 15 is 0 Å². The number of methoxy groups -OCH3 is 1. The molecule has 152 valence electrons. The van der Waals surface area contributed by atoms with Crippen molar-refractivity contribution in [3.8, 4) is 17.1 Å². The number of thioether (sulfide) groups is 2. The third-order valence-electron chi connectivity index (χ3n) is 4.20. The summed E-state index contributed by atoms with van der Waals surface area (Å²) in [6.07, 6.45) is 0. The van der Waals surface area contributed by atoms with Crippen molar-refractivity contribution in [2.75, 3.05) is 25.2 Å². The van der Waals surface area contributed by atoms with Crippen molar-refractivity contribution in [2.45, 2.75) is 10.9 Å². The highest BCUT2D eigenvalue weighted by atomic mass is 32.2. The van der Waals surface area contributed by atoms with E-state index in [-0.39, 0.29) is 5.91 Å². The van der Waals surface area contributed by atoms with Gasteiger partial charge in [0.25, 0.3) is 0 Å². The third-order valence-corrected chi connectivity index (χ3v) is 6.25. The van der Waals surface area contributed by atoms with Crippen molar-refractivity contribution in [1.82, 2.24) is 20.1 Å². The number of nitrogens with one attached hydrogen (secondary N) is 1. The monoisotopic (exact) mass is 428 g/mol. The maximum atomic E-state index is 12.1. The predicted octanol–water partition coefficient (Wildman–Crippen LogP) is 3.63. The van der Waals surface area contributed by atoms with E-state index in [1.54, 1.807) is 7.11 Å². The molecule has 0 bridgehead atoms. The highest BCUT2D eigenvalue weighted by Gasteiger charge is 2.13. The minimum atomic E-state index is 0.00399. The number of carbonyl (C=O) groups excluding carboxylic acids is 1. The summed E-state index contributed by atoms with van der Waals surface area (Å²) in [6.45, 7) is 0.660. The van der Waals surface area contributed by atoms with Crippen LogP contribution in [-0.2, 0) is 17.6 Å². The summed E-state index contributed by atoms with van der Waals surface area (Å²) < 4.78 is 7.08. The number of carbonyl (C=O) groups is 1. The van der Waals surface area contributed by atoms with Gasteiger partial charge in [0.1, 0.15) is 5.75 Å². The number of nitrogens with zero attached hydrogens (tertiary/aromatic N) is 3. The van der Waals surface area contributed by atoms with Gasteiger partial charge in [0.15, 0.2) is 11.0 Å². The molecule has 0 aliphatic carbocycles. The first kappa shape index (κ1) is 21.3. The molecule has 0 spiro atoms. The summed E-state index contributed by atoms with van der Waals surface area (Å²) in [4.78, 5) is 12.1. The van der Waals surface area contributed by atoms with Crippen molar-refractivity contribution in [2.24, 2.45) is 7.05 Å². The molecule has 3 aromatic rings. The Morgan fingerprint density at radius 2 is 1.86 bits per heavy atom. The summed E-state index contributed by atoms with van der Waals surface area (Å²) >= 11 is 3.20. The topological polar surface area (TPSA) is 69.0 Å². The molecule has 29 heavy (non-hydrogen) atoms. The Balaban J connectivity index is 1.40. The van der Waals surface area contributed by atoms with Gasteiger partial charge >= 0.3 is 0 Å². The van der Waals surface area contributed by atoms with Crippen molar-refractivity contribution in [3.05, 3.63) is 60.2 Å². The van der Waals surface area contributed by atoms with E-state index in [2.05, 4.69) is 27.6 Å². The Hall–Kier alpha value is -2.45. The highest BCUT2D eigenvalue weighted by Crippen LogP contribution is 2.24. The second kappa shape index (κ2) is 10.9. The largest absolute Gasteiger partial charge is 0.497 e. The molecule has 0 aliphatic rings. The summed E-state index contributed by atoms with van der Waals surface area (Å²) in [5.74, 6) is 3.72. The van der Waals surface area contributed by atoms with Crippen LogP contribution in [0.5, 0.6) is 5.75 Å². The molecule has 1 heterocycles. The van der Waals surface area contributed by atoms with Gasteiger partial charge in [-0.3, -0.25) is 4.79 Å². The zero-order valence-corrected chi connectivity index (χ0v) is 18.1. The molecule has 1 aromatic heterocycles. The molecule has 0 radical (unpaired) electrons. The van der Waals surface area contributed by atoms with E-state index in [1.807, 2.05) is 65.8 Å². The van der Waals surface area contributed by atoms with Gasteiger partial charge in [-0.05, 0) is 29.8 Å². The standard InChI is InChI=1S/C21H24N4O2S2/c1-25-20(17-8-10-18(27-2)11-9-17)23-24-21(25)29-15-19(26)22-12-13-28-14-16-6-4-3-5-7-16/h3-11H,12-15H2,1-2H3,(H,22,26). The second-order valence-corrected chi connectivity index (χ2v) is 8.32. The number of ether oxygens (including phenoxy) is 1. The first-order valence-corrected chi connectivity index (χ1v) is 11.4. The molecule has 2 aromatic carbocycles. The molecule has 6 nitrogen and oxygen atoms in total. The van der Waals surface area contributed by atoms with Crippen LogP contribution in [0.1, 0.15) is 5.56 Å². The van der Waals surface area contributed by atoms with Gasteiger partial charge in [0.05, 0.1) is 12.9 Å². The average molecular weight is 429 g/mol. The SMILES string of the molecule is COc1ccc(-c2nnc(SCC(=O)NCCSCc3ccccc3)n2C)cc1. The van der Waals surface area contributed by atoms with E-state index in [0.717, 1.165) is 28.6 Å². The first-order chi connectivity index (χ1) is 14.2. The van der Waals surface area contributed by atoms with E-state index < -0.39 is 0 Å². The van der Waals surface area contributed by atoms with E-state index in [1.165, 1.54) is 17.3 Å². The molecule has 1 N–H and O–H groups in total. The van der Waals surface area contributed by atoms with Crippen LogP contribution in [0.15, 0.2) is 59.8 Å². The zero-order chi connectivity index (χ0) is 20.5. The Morgan fingerprint density at radius 1 is 1.10 bits per heavy atom. The number of aromatic nitrogens is 3. The molecular formula is C21H24N4O2S2. The fourth-order valence-corrected chi connectivity index (χ4v) is 4.20. The number of amides is 1. The van der Waals surface area contributed by atoms with E-state index in [9.17, 15) is 4.79 Å². The van der Waals surface area contributed by atoms with Crippen LogP contribution in [-0.4, -0.2) is 45.8 Å². The molecular weight excluding hydrogens is 404 g/mol. The molecule has 0 aliphatic heterocycles. The first-order valence-electron chi connectivity index (χ1n) is 9.22. The molecule has 0 fully saturated rings. The molecule has 0 unspecified atom stereocenters. The van der Waals surface area contributed by atoms with Crippen molar-refractivity contribution in [1.29, 1.82) is 0 Å². The third kappa shape index (κ3) is 6.27. The molecule has 0 saturated heterocycles. The van der Waals surface area contributed by atoms with Gasteiger partial charge in [-0.25, -0.2) is 0 Å². The van der Waals surface area contributed by atoms with Crippen LogP contribution in [0, 0.1) is 0 Å². The Morgan fingerprint density at radius 3 is 2.59 bits per heavy atom. The minimum Gasteiger partial charge on any atom is -0.497 e. The molecule has 8 heteroatoms. The normalized spacial score (nSPS) is 10.7. The van der Waals surface area contributed by atoms with Crippen molar-refractivity contribution >= 4 is 29.4 Å². The lowest BCUT2D eigenvalue weighted by Crippen LogP contribution is -2.27. The van der Waals surface area contributed by atoms with Gasteiger partial charge in [-0.2, -0.15) is 11.8 Å². The number of benzene rings is 2. The van der Waals surface area contributed by atoms with Crippen LogP contribution in [0.4, 0.5) is 0 Å². The average Bonchev–Trinajstić information content (AvgIpc) is 3.13. The van der Waals surface area contributed by atoms with E-state index in [0.29, 0.717) is 17.5 Å². The quantitative estimate of drug-likeness (QED) is 0.393. The van der Waals surface area contributed by atoms with Crippen LogP contribution in [0.2, 0.25) is 0 Å². The van der Waals surface area contributed by atoms with Crippen molar-refractivity contribution in [3.63, 3.8) is 0 Å². The van der Waals surface area contributed by atoms with Crippen LogP contribution < -0.4 is 10.1 Å². The summed E-state index contributed by atoms with van der Waals surface area (Å²) in [5.41, 5.74) is 2.25. The summed E-state index contributed by atoms with van der Waals surface area (Å²) in [6, 6.07) is 18.0. The number of rotatable bonds is 10. The molecule has 3 rings (SSSR count). The number of hydrogen-bond donors (Lipinski definition) is 1. The lowest BCUT2D eigenvalue weighted by Gasteiger charge is -2.06. The maximum absolute atomic E-state index is 12.1. The zero-order valence-electron chi connectivity index (χ0n) is 16.5. The predicted molar refractivity (Wildman–Crippen MR) is 119 cm³/mol. The van der Waals surface area contributed by atoms with Crippen LogP contribution in [0.25, 0.3) is 11.4 Å². The molecule has 1 amide bonds. The highest BCUT2D eigenvalue weighted by molar-refractivity contribution is 7.99. The van der Waals surface area contributed by atoms with Gasteiger partial charge in [-0.15, -0.1) is 10.2 Å². The van der Waals surface area contributed by atoms with Crippen LogP contribution >= 0.6 is 23.5 Å². The van der Waals surface area contributed by atoms with Crippen LogP contribution in [0.3, 0.4) is 0 Å². The van der Waals surface area contributed by atoms with Gasteiger partial charge in [-0.1, -0.05) is 42.1 Å². The van der Waals surface area contributed by atoms with Gasteiger partial charge in [0.2, 0.25) is 5.91 Å². The smallest absolute Gasteiger partial charge is 0.230 e. The summed E-state index contributed by atoms with van der Waals surface area (Å²) in [7, 11) is 3.54.